The third-order valence-electron chi connectivity index (χ3n) is 7.92. The highest BCUT2D eigenvalue weighted by Gasteiger charge is 2.59. The second-order valence-electron chi connectivity index (χ2n) is 10.4. The van der Waals surface area contributed by atoms with Gasteiger partial charge in [0.15, 0.2) is 12.6 Å². The zero-order chi connectivity index (χ0) is 23.1. The highest BCUT2D eigenvalue weighted by atomic mass is 16.7. The quantitative estimate of drug-likeness (QED) is 0.319. The summed E-state index contributed by atoms with van der Waals surface area (Å²) in [6, 6.07) is 2.54. The lowest BCUT2D eigenvalue weighted by atomic mass is 9.79. The highest BCUT2D eigenvalue weighted by Crippen LogP contribution is 2.57. The van der Waals surface area contributed by atoms with Crippen molar-refractivity contribution in [2.24, 2.45) is 17.3 Å². The topological polar surface area (TPSA) is 77.8 Å². The molecule has 2 unspecified atom stereocenters. The van der Waals surface area contributed by atoms with Crippen molar-refractivity contribution in [1.29, 1.82) is 5.26 Å². The molecule has 184 valence electrons. The molecule has 2 saturated heterocycles. The Balaban J connectivity index is 1.48. The number of nitrogens with zero attached hydrogens (tertiary/aromatic N) is 1. The molecule has 7 atom stereocenters. The predicted molar refractivity (Wildman–Crippen MR) is 124 cm³/mol. The summed E-state index contributed by atoms with van der Waals surface area (Å²) >= 11 is 0. The molecule has 6 nitrogen and oxygen atoms in total. The maximum absolute atomic E-state index is 12.4. The molecule has 0 amide bonds. The fourth-order valence-electron chi connectivity index (χ4n) is 6.13. The Morgan fingerprint density at radius 2 is 1.91 bits per heavy atom. The van der Waals surface area contributed by atoms with E-state index >= 15 is 0 Å². The van der Waals surface area contributed by atoms with Gasteiger partial charge in [-0.3, -0.25) is 4.79 Å². The number of carbonyl (C=O) groups is 1. The third kappa shape index (κ3) is 6.25. The first-order valence-corrected chi connectivity index (χ1v) is 13.3. The zero-order valence-corrected chi connectivity index (χ0v) is 20.2. The van der Waals surface area contributed by atoms with Crippen LogP contribution < -0.4 is 0 Å². The number of nitriles is 1. The highest BCUT2D eigenvalue weighted by molar-refractivity contribution is 5.83. The van der Waals surface area contributed by atoms with Crippen molar-refractivity contribution in [1.82, 2.24) is 0 Å². The maximum atomic E-state index is 12.4. The van der Waals surface area contributed by atoms with Gasteiger partial charge in [-0.1, -0.05) is 38.3 Å². The first kappa shape index (κ1) is 24.9. The minimum atomic E-state index is -0.601. The lowest BCUT2D eigenvalue weighted by molar-refractivity contribution is -0.193. The molecule has 4 rings (SSSR count). The van der Waals surface area contributed by atoms with Crippen molar-refractivity contribution in [3.63, 3.8) is 0 Å². The Kier molecular flexibility index (Phi) is 8.98. The van der Waals surface area contributed by atoms with Crippen LogP contribution in [0.15, 0.2) is 12.2 Å². The molecule has 0 N–H and O–H groups in total. The van der Waals surface area contributed by atoms with Gasteiger partial charge in [-0.05, 0) is 57.3 Å². The summed E-state index contributed by atoms with van der Waals surface area (Å²) in [5, 5.41) is 10.1. The monoisotopic (exact) mass is 459 g/mol. The molecular weight excluding hydrogens is 418 g/mol. The second-order valence-corrected chi connectivity index (χ2v) is 10.4. The molecule has 0 radical (unpaired) electrons. The first-order valence-electron chi connectivity index (χ1n) is 13.3. The van der Waals surface area contributed by atoms with E-state index in [9.17, 15) is 10.1 Å². The van der Waals surface area contributed by atoms with E-state index in [1.165, 1.54) is 12.8 Å². The van der Waals surface area contributed by atoms with Crippen LogP contribution in [0.3, 0.4) is 0 Å². The lowest BCUT2D eigenvalue weighted by Gasteiger charge is -2.29. The van der Waals surface area contributed by atoms with E-state index in [1.54, 1.807) is 0 Å². The summed E-state index contributed by atoms with van der Waals surface area (Å²) in [5.74, 6) is 0.256. The Morgan fingerprint density at radius 3 is 2.58 bits per heavy atom. The van der Waals surface area contributed by atoms with Gasteiger partial charge in [-0.25, -0.2) is 0 Å². The molecule has 0 spiro atoms. The number of carbonyl (C=O) groups excluding carboxylic acids is 1. The number of hydrogen-bond donors (Lipinski definition) is 0. The molecule has 2 aliphatic carbocycles. The van der Waals surface area contributed by atoms with Crippen LogP contribution in [0.4, 0.5) is 0 Å². The first-order chi connectivity index (χ1) is 16.1. The van der Waals surface area contributed by atoms with Gasteiger partial charge in [0, 0.05) is 32.0 Å². The van der Waals surface area contributed by atoms with Gasteiger partial charge in [-0.2, -0.15) is 5.26 Å². The van der Waals surface area contributed by atoms with Crippen LogP contribution in [0.1, 0.15) is 90.4 Å². The van der Waals surface area contributed by atoms with Crippen LogP contribution in [0.2, 0.25) is 0 Å². The summed E-state index contributed by atoms with van der Waals surface area (Å²) in [4.78, 5) is 12.4. The average molecular weight is 460 g/mol. The molecular formula is C27H41NO5. The second kappa shape index (κ2) is 11.9. The molecule has 0 aromatic heterocycles. The summed E-state index contributed by atoms with van der Waals surface area (Å²) in [7, 11) is 0. The van der Waals surface area contributed by atoms with Crippen LogP contribution >= 0.6 is 0 Å². The summed E-state index contributed by atoms with van der Waals surface area (Å²) in [5.41, 5.74) is -0.601. The molecule has 2 aliphatic heterocycles. The van der Waals surface area contributed by atoms with E-state index < -0.39 is 5.41 Å². The van der Waals surface area contributed by atoms with E-state index in [-0.39, 0.29) is 42.4 Å². The SMILES string of the molecule is CCCCC[C@@H](C=C[C@@H]1[C@H]2CC(=O)C[C@@]2(C#N)C[C@H]1OC1CCCCO1)OC1CCCCO1. The van der Waals surface area contributed by atoms with Crippen LogP contribution in [0.25, 0.3) is 0 Å². The number of hydrogen-bond acceptors (Lipinski definition) is 6. The molecule has 2 heterocycles. The Labute approximate surface area is 199 Å². The molecule has 0 bridgehead atoms. The molecule has 6 heteroatoms. The molecule has 4 aliphatic rings. The average Bonchev–Trinajstić information content (AvgIpc) is 3.29. The number of rotatable bonds is 10. The zero-order valence-electron chi connectivity index (χ0n) is 20.2. The van der Waals surface area contributed by atoms with Gasteiger partial charge >= 0.3 is 0 Å². The van der Waals surface area contributed by atoms with Gasteiger partial charge in [-0.15, -0.1) is 0 Å². The Hall–Kier alpha value is -1.26. The number of fused-ring (bicyclic) bond motifs is 1. The molecule has 33 heavy (non-hydrogen) atoms. The Morgan fingerprint density at radius 1 is 1.15 bits per heavy atom. The van der Waals surface area contributed by atoms with E-state index in [4.69, 9.17) is 18.9 Å². The van der Waals surface area contributed by atoms with E-state index in [0.717, 1.165) is 64.6 Å². The van der Waals surface area contributed by atoms with Gasteiger partial charge in [0.05, 0.1) is 23.7 Å². The minimum Gasteiger partial charge on any atom is -0.353 e. The number of Topliss-reactive ketones (excluding diaryl/α,β-unsaturated/α-hetero) is 1. The molecule has 4 fully saturated rings. The van der Waals surface area contributed by atoms with Crippen molar-refractivity contribution < 1.29 is 23.7 Å². The standard InChI is InChI=1S/C27H41NO5/c1-2-3-4-9-21(32-25-10-5-7-14-30-25)12-13-22-23-16-20(29)17-27(23,19-28)18-24(22)33-26-11-6-8-15-31-26/h12-13,21-26H,2-11,14-18H2,1H3/t21-,22+,23+,24+,25?,26?,27-/m0/s1. The van der Waals surface area contributed by atoms with Crippen molar-refractivity contribution in [2.75, 3.05) is 13.2 Å². The van der Waals surface area contributed by atoms with Crippen LogP contribution in [0, 0.1) is 28.6 Å². The van der Waals surface area contributed by atoms with Crippen LogP contribution in [-0.4, -0.2) is 43.8 Å². The smallest absolute Gasteiger partial charge is 0.158 e. The number of ketones is 1. The van der Waals surface area contributed by atoms with Crippen molar-refractivity contribution in [2.45, 2.75) is 115 Å². The van der Waals surface area contributed by atoms with E-state index in [2.05, 4.69) is 25.1 Å². The summed E-state index contributed by atoms with van der Waals surface area (Å²) in [6.07, 6.45) is 16.1. The van der Waals surface area contributed by atoms with E-state index in [1.807, 2.05) is 0 Å². The largest absolute Gasteiger partial charge is 0.353 e. The fourth-order valence-corrected chi connectivity index (χ4v) is 6.13. The summed E-state index contributed by atoms with van der Waals surface area (Å²) < 4.78 is 24.5. The fraction of sp³-hybridized carbons (Fsp3) is 0.852. The van der Waals surface area contributed by atoms with Gasteiger partial charge in [0.25, 0.3) is 0 Å². The molecule has 0 aromatic carbocycles. The maximum Gasteiger partial charge on any atom is 0.158 e. The lowest BCUT2D eigenvalue weighted by Crippen LogP contribution is -2.31. The van der Waals surface area contributed by atoms with Crippen molar-refractivity contribution >= 4 is 5.78 Å². The number of ether oxygens (including phenoxy) is 4. The summed E-state index contributed by atoms with van der Waals surface area (Å²) in [6.45, 7) is 3.71. The molecule has 2 saturated carbocycles. The number of unbranched alkanes of at least 4 members (excludes halogenated alkanes) is 2. The van der Waals surface area contributed by atoms with Crippen molar-refractivity contribution in [3.05, 3.63) is 12.2 Å². The Bertz CT molecular complexity index is 706. The van der Waals surface area contributed by atoms with Gasteiger partial charge < -0.3 is 18.9 Å². The van der Waals surface area contributed by atoms with Crippen LogP contribution in [-0.2, 0) is 23.7 Å². The van der Waals surface area contributed by atoms with Gasteiger partial charge in [0.2, 0.25) is 0 Å². The minimum absolute atomic E-state index is 0.0135. The molecule has 0 aromatic rings. The normalized spacial score (nSPS) is 37.8. The predicted octanol–water partition coefficient (Wildman–Crippen LogP) is 5.46. The third-order valence-corrected chi connectivity index (χ3v) is 7.92. The van der Waals surface area contributed by atoms with Crippen LogP contribution in [0.5, 0.6) is 0 Å². The van der Waals surface area contributed by atoms with Gasteiger partial charge in [0.1, 0.15) is 5.78 Å². The van der Waals surface area contributed by atoms with Crippen molar-refractivity contribution in [3.8, 4) is 6.07 Å². The van der Waals surface area contributed by atoms with E-state index in [0.29, 0.717) is 19.3 Å².